The Morgan fingerprint density at radius 2 is 2.00 bits per heavy atom. The van der Waals surface area contributed by atoms with Gasteiger partial charge in [-0.1, -0.05) is 19.3 Å². The number of nitrogens with one attached hydrogen (secondary N) is 2. The Morgan fingerprint density at radius 1 is 1.17 bits per heavy atom. The van der Waals surface area contributed by atoms with Crippen molar-refractivity contribution in [2.75, 3.05) is 6.54 Å². The summed E-state index contributed by atoms with van der Waals surface area (Å²) >= 11 is 0. The molecule has 1 aliphatic heterocycles. The molecule has 2 heterocycles. The van der Waals surface area contributed by atoms with Crippen LogP contribution in [0.5, 0.6) is 0 Å². The van der Waals surface area contributed by atoms with Crippen LogP contribution in [0.1, 0.15) is 63.5 Å². The number of hydrogen-bond donors (Lipinski definition) is 2. The topological polar surface area (TPSA) is 67.1 Å². The molecule has 0 radical (unpaired) electrons. The highest BCUT2D eigenvalue weighted by molar-refractivity contribution is 14.0. The van der Waals surface area contributed by atoms with Crippen molar-refractivity contribution in [3.8, 4) is 0 Å². The summed E-state index contributed by atoms with van der Waals surface area (Å²) < 4.78 is 2.27. The summed E-state index contributed by atoms with van der Waals surface area (Å²) in [7, 11) is 0. The predicted octanol–water partition coefficient (Wildman–Crippen LogP) is 2.62. The summed E-state index contributed by atoms with van der Waals surface area (Å²) in [4.78, 5) is 4.73. The molecule has 3 rings (SSSR count). The Hall–Kier alpha value is -0.860. The molecule has 130 valence electrons. The van der Waals surface area contributed by atoms with Gasteiger partial charge in [-0.2, -0.15) is 0 Å². The second-order valence-corrected chi connectivity index (χ2v) is 6.32. The molecule has 0 atom stereocenters. The molecule has 0 spiro atoms. The van der Waals surface area contributed by atoms with Crippen LogP contribution >= 0.6 is 24.0 Å². The van der Waals surface area contributed by atoms with Crippen molar-refractivity contribution < 1.29 is 0 Å². The van der Waals surface area contributed by atoms with Gasteiger partial charge in [-0.05, 0) is 32.6 Å². The minimum Gasteiger partial charge on any atom is -0.357 e. The average molecular weight is 432 g/mol. The first kappa shape index (κ1) is 18.5. The second-order valence-electron chi connectivity index (χ2n) is 6.32. The van der Waals surface area contributed by atoms with E-state index in [0.29, 0.717) is 12.6 Å². The molecule has 1 aliphatic carbocycles. The normalized spacial score (nSPS) is 18.9. The van der Waals surface area contributed by atoms with Crippen LogP contribution in [-0.2, 0) is 19.5 Å². The fourth-order valence-corrected chi connectivity index (χ4v) is 3.40. The lowest BCUT2D eigenvalue weighted by Gasteiger charge is -2.16. The van der Waals surface area contributed by atoms with Crippen LogP contribution in [0.2, 0.25) is 0 Å². The van der Waals surface area contributed by atoms with Gasteiger partial charge in [0, 0.05) is 25.6 Å². The standard InChI is InChI=1S/C16H28N6.HI/c1-2-17-16(19-13-8-5-6-9-13)18-12-15-21-20-14-10-4-3-7-11-22(14)15;/h13H,2-12H2,1H3,(H2,17,18,19);1H. The van der Waals surface area contributed by atoms with E-state index in [1.165, 1.54) is 44.9 Å². The highest BCUT2D eigenvalue weighted by Gasteiger charge is 2.17. The molecule has 0 saturated heterocycles. The number of guanidine groups is 1. The van der Waals surface area contributed by atoms with Gasteiger partial charge in [-0.15, -0.1) is 34.2 Å². The summed E-state index contributed by atoms with van der Waals surface area (Å²) in [6.07, 6.45) is 9.96. The van der Waals surface area contributed by atoms with Crippen molar-refractivity contribution >= 4 is 29.9 Å². The largest absolute Gasteiger partial charge is 0.357 e. The molecule has 0 amide bonds. The number of hydrogen-bond acceptors (Lipinski definition) is 3. The van der Waals surface area contributed by atoms with Crippen LogP contribution in [0.15, 0.2) is 4.99 Å². The molecular formula is C16H29IN6. The third-order valence-corrected chi connectivity index (χ3v) is 4.60. The molecule has 1 saturated carbocycles. The number of aromatic nitrogens is 3. The minimum atomic E-state index is 0. The van der Waals surface area contributed by atoms with Crippen LogP contribution in [0.3, 0.4) is 0 Å². The lowest BCUT2D eigenvalue weighted by molar-refractivity contribution is 0.598. The number of halogens is 1. The quantitative estimate of drug-likeness (QED) is 0.436. The van der Waals surface area contributed by atoms with Gasteiger partial charge in [-0.25, -0.2) is 4.99 Å². The van der Waals surface area contributed by atoms with E-state index in [2.05, 4.69) is 32.3 Å². The first-order valence-electron chi connectivity index (χ1n) is 8.82. The summed E-state index contributed by atoms with van der Waals surface area (Å²) in [5, 5.41) is 15.6. The van der Waals surface area contributed by atoms with Gasteiger partial charge < -0.3 is 15.2 Å². The molecule has 2 aliphatic rings. The highest BCUT2D eigenvalue weighted by Crippen LogP contribution is 2.18. The third-order valence-electron chi connectivity index (χ3n) is 4.60. The van der Waals surface area contributed by atoms with Crippen molar-refractivity contribution in [3.05, 3.63) is 11.6 Å². The Bertz CT molecular complexity index is 507. The van der Waals surface area contributed by atoms with Crippen LogP contribution in [0.25, 0.3) is 0 Å². The molecule has 1 aromatic heterocycles. The molecule has 0 aromatic carbocycles. The maximum absolute atomic E-state index is 4.73. The van der Waals surface area contributed by atoms with E-state index in [1.54, 1.807) is 0 Å². The Morgan fingerprint density at radius 3 is 2.78 bits per heavy atom. The van der Waals surface area contributed by atoms with Gasteiger partial charge in [0.05, 0.1) is 0 Å². The zero-order valence-electron chi connectivity index (χ0n) is 14.1. The number of aryl methyl sites for hydroxylation is 1. The molecule has 2 N–H and O–H groups in total. The van der Waals surface area contributed by atoms with Crippen molar-refractivity contribution in [3.63, 3.8) is 0 Å². The number of rotatable bonds is 4. The SMILES string of the molecule is CCNC(=NCc1nnc2n1CCCCC2)NC1CCCC1.I. The van der Waals surface area contributed by atoms with Crippen LogP contribution in [0, 0.1) is 0 Å². The van der Waals surface area contributed by atoms with Gasteiger partial charge in [0.2, 0.25) is 0 Å². The maximum Gasteiger partial charge on any atom is 0.191 e. The van der Waals surface area contributed by atoms with Gasteiger partial charge in [0.1, 0.15) is 12.4 Å². The first-order chi connectivity index (χ1) is 10.9. The Balaban J connectivity index is 0.00000192. The molecule has 6 nitrogen and oxygen atoms in total. The summed E-state index contributed by atoms with van der Waals surface area (Å²) in [6.45, 7) is 4.64. The third kappa shape index (κ3) is 5.06. The van der Waals surface area contributed by atoms with E-state index >= 15 is 0 Å². The Labute approximate surface area is 155 Å². The molecule has 0 bridgehead atoms. The zero-order valence-corrected chi connectivity index (χ0v) is 16.4. The van der Waals surface area contributed by atoms with E-state index < -0.39 is 0 Å². The zero-order chi connectivity index (χ0) is 15.2. The average Bonchev–Trinajstić information content (AvgIpc) is 3.10. The number of fused-ring (bicyclic) bond motifs is 1. The van der Waals surface area contributed by atoms with Crippen LogP contribution in [-0.4, -0.2) is 33.3 Å². The summed E-state index contributed by atoms with van der Waals surface area (Å²) in [5.74, 6) is 3.05. The van der Waals surface area contributed by atoms with Crippen molar-refractivity contribution in [1.82, 2.24) is 25.4 Å². The molecule has 23 heavy (non-hydrogen) atoms. The van der Waals surface area contributed by atoms with Crippen LogP contribution < -0.4 is 10.6 Å². The molecule has 0 unspecified atom stereocenters. The highest BCUT2D eigenvalue weighted by atomic mass is 127. The number of aliphatic imine (C=N–C) groups is 1. The van der Waals surface area contributed by atoms with Crippen LogP contribution in [0.4, 0.5) is 0 Å². The number of nitrogens with zero attached hydrogens (tertiary/aromatic N) is 4. The molecular weight excluding hydrogens is 403 g/mol. The van der Waals surface area contributed by atoms with E-state index in [9.17, 15) is 0 Å². The van der Waals surface area contributed by atoms with E-state index in [1.807, 2.05) is 0 Å². The van der Waals surface area contributed by atoms with E-state index in [4.69, 9.17) is 4.99 Å². The van der Waals surface area contributed by atoms with E-state index in [-0.39, 0.29) is 24.0 Å². The van der Waals surface area contributed by atoms with Gasteiger partial charge in [0.25, 0.3) is 0 Å². The fourth-order valence-electron chi connectivity index (χ4n) is 3.40. The lowest BCUT2D eigenvalue weighted by atomic mass is 10.2. The van der Waals surface area contributed by atoms with Crippen molar-refractivity contribution in [2.24, 2.45) is 4.99 Å². The summed E-state index contributed by atoms with van der Waals surface area (Å²) in [6, 6.07) is 0.577. The monoisotopic (exact) mass is 432 g/mol. The van der Waals surface area contributed by atoms with Crippen molar-refractivity contribution in [1.29, 1.82) is 0 Å². The van der Waals surface area contributed by atoms with Crippen molar-refractivity contribution in [2.45, 2.75) is 77.4 Å². The first-order valence-corrected chi connectivity index (χ1v) is 8.82. The molecule has 7 heteroatoms. The summed E-state index contributed by atoms with van der Waals surface area (Å²) in [5.41, 5.74) is 0. The fraction of sp³-hybridized carbons (Fsp3) is 0.812. The van der Waals surface area contributed by atoms with Gasteiger partial charge in [0.15, 0.2) is 11.8 Å². The second kappa shape index (κ2) is 9.44. The maximum atomic E-state index is 4.73. The Kier molecular flexibility index (Phi) is 7.58. The predicted molar refractivity (Wildman–Crippen MR) is 103 cm³/mol. The minimum absolute atomic E-state index is 0. The van der Waals surface area contributed by atoms with Gasteiger partial charge >= 0.3 is 0 Å². The van der Waals surface area contributed by atoms with E-state index in [0.717, 1.165) is 37.1 Å². The molecule has 1 fully saturated rings. The lowest BCUT2D eigenvalue weighted by Crippen LogP contribution is -2.42. The molecule has 1 aromatic rings. The van der Waals surface area contributed by atoms with Gasteiger partial charge in [-0.3, -0.25) is 0 Å². The smallest absolute Gasteiger partial charge is 0.191 e.